The first kappa shape index (κ1) is 13.3. The molecule has 1 fully saturated rings. The SMILES string of the molecule is Cc1cnc(N2CCC(C)(OCN)CC2)c(C)c1. The Hall–Kier alpha value is -1.13. The first-order chi connectivity index (χ1) is 8.54. The second kappa shape index (κ2) is 5.24. The van der Waals surface area contributed by atoms with Gasteiger partial charge in [0.2, 0.25) is 0 Å². The lowest BCUT2D eigenvalue weighted by atomic mass is 9.93. The quantitative estimate of drug-likeness (QED) is 0.832. The Morgan fingerprint density at radius 1 is 1.39 bits per heavy atom. The normalized spacial score (nSPS) is 19.0. The van der Waals surface area contributed by atoms with Gasteiger partial charge in [-0.05, 0) is 44.7 Å². The molecule has 0 saturated carbocycles. The summed E-state index contributed by atoms with van der Waals surface area (Å²) in [5.74, 6) is 1.11. The molecule has 4 nitrogen and oxygen atoms in total. The number of rotatable bonds is 3. The van der Waals surface area contributed by atoms with Crippen LogP contribution in [0.5, 0.6) is 0 Å². The zero-order valence-electron chi connectivity index (χ0n) is 11.6. The lowest BCUT2D eigenvalue weighted by molar-refractivity contribution is -0.0448. The van der Waals surface area contributed by atoms with Gasteiger partial charge >= 0.3 is 0 Å². The van der Waals surface area contributed by atoms with Crippen LogP contribution in [-0.4, -0.2) is 30.4 Å². The Balaban J connectivity index is 2.05. The van der Waals surface area contributed by atoms with Gasteiger partial charge in [0.1, 0.15) is 5.82 Å². The first-order valence-electron chi connectivity index (χ1n) is 6.56. The summed E-state index contributed by atoms with van der Waals surface area (Å²) in [7, 11) is 0. The molecule has 0 spiro atoms. The highest BCUT2D eigenvalue weighted by molar-refractivity contribution is 5.47. The molecule has 1 aromatic heterocycles. The van der Waals surface area contributed by atoms with Crippen LogP contribution in [0.1, 0.15) is 30.9 Å². The third-order valence-electron chi connectivity index (χ3n) is 3.74. The molecule has 0 unspecified atom stereocenters. The molecule has 18 heavy (non-hydrogen) atoms. The third kappa shape index (κ3) is 2.82. The highest BCUT2D eigenvalue weighted by Gasteiger charge is 2.31. The lowest BCUT2D eigenvalue weighted by Gasteiger charge is -2.39. The minimum atomic E-state index is -0.0656. The highest BCUT2D eigenvalue weighted by Crippen LogP contribution is 2.29. The number of hydrogen-bond donors (Lipinski definition) is 1. The fourth-order valence-electron chi connectivity index (χ4n) is 2.58. The van der Waals surface area contributed by atoms with Crippen LogP contribution >= 0.6 is 0 Å². The van der Waals surface area contributed by atoms with E-state index in [0.717, 1.165) is 31.7 Å². The topological polar surface area (TPSA) is 51.4 Å². The van der Waals surface area contributed by atoms with Crippen molar-refractivity contribution in [2.45, 2.75) is 39.2 Å². The lowest BCUT2D eigenvalue weighted by Crippen LogP contribution is -2.45. The van der Waals surface area contributed by atoms with Crippen molar-refractivity contribution in [3.63, 3.8) is 0 Å². The molecule has 1 saturated heterocycles. The van der Waals surface area contributed by atoms with Gasteiger partial charge < -0.3 is 15.4 Å². The Labute approximate surface area is 109 Å². The van der Waals surface area contributed by atoms with Crippen LogP contribution < -0.4 is 10.6 Å². The van der Waals surface area contributed by atoms with E-state index in [1.165, 1.54) is 11.1 Å². The van der Waals surface area contributed by atoms with Gasteiger partial charge in [-0.1, -0.05) is 6.07 Å². The van der Waals surface area contributed by atoms with Crippen LogP contribution in [0.25, 0.3) is 0 Å². The smallest absolute Gasteiger partial charge is 0.131 e. The van der Waals surface area contributed by atoms with Gasteiger partial charge in [0.25, 0.3) is 0 Å². The van der Waals surface area contributed by atoms with Gasteiger partial charge in [-0.25, -0.2) is 4.98 Å². The molecule has 0 radical (unpaired) electrons. The van der Waals surface area contributed by atoms with Crippen molar-refractivity contribution >= 4 is 5.82 Å². The van der Waals surface area contributed by atoms with Crippen molar-refractivity contribution in [1.82, 2.24) is 4.98 Å². The van der Waals surface area contributed by atoms with Crippen molar-refractivity contribution in [3.05, 3.63) is 23.4 Å². The molecular formula is C14H23N3O. The van der Waals surface area contributed by atoms with Gasteiger partial charge in [-0.2, -0.15) is 0 Å². The van der Waals surface area contributed by atoms with Crippen molar-refractivity contribution in [2.24, 2.45) is 5.73 Å². The maximum absolute atomic E-state index is 5.63. The number of aromatic nitrogens is 1. The van der Waals surface area contributed by atoms with E-state index >= 15 is 0 Å². The van der Waals surface area contributed by atoms with Crippen molar-refractivity contribution in [2.75, 3.05) is 24.7 Å². The maximum Gasteiger partial charge on any atom is 0.131 e. The zero-order chi connectivity index (χ0) is 13.2. The Morgan fingerprint density at radius 2 is 2.06 bits per heavy atom. The summed E-state index contributed by atoms with van der Waals surface area (Å²) in [6.07, 6.45) is 3.94. The van der Waals surface area contributed by atoms with Crippen LogP contribution in [0.2, 0.25) is 0 Å². The number of aryl methyl sites for hydroxylation is 2. The molecule has 2 heterocycles. The summed E-state index contributed by atoms with van der Waals surface area (Å²) in [6.45, 7) is 8.61. The third-order valence-corrected chi connectivity index (χ3v) is 3.74. The second-order valence-electron chi connectivity index (χ2n) is 5.40. The Morgan fingerprint density at radius 3 is 2.61 bits per heavy atom. The second-order valence-corrected chi connectivity index (χ2v) is 5.40. The van der Waals surface area contributed by atoms with Gasteiger partial charge in [0.15, 0.2) is 0 Å². The Kier molecular flexibility index (Phi) is 3.88. The Bertz CT molecular complexity index is 412. The van der Waals surface area contributed by atoms with E-state index in [2.05, 4.69) is 36.7 Å². The number of nitrogens with two attached hydrogens (primary N) is 1. The van der Waals surface area contributed by atoms with E-state index in [1.807, 2.05) is 6.20 Å². The summed E-state index contributed by atoms with van der Waals surface area (Å²) in [6, 6.07) is 2.19. The highest BCUT2D eigenvalue weighted by atomic mass is 16.5. The number of hydrogen-bond acceptors (Lipinski definition) is 4. The summed E-state index contributed by atoms with van der Waals surface area (Å²) in [4.78, 5) is 6.90. The fourth-order valence-corrected chi connectivity index (χ4v) is 2.58. The molecule has 0 bridgehead atoms. The number of piperidine rings is 1. The predicted octanol–water partition coefficient (Wildman–Crippen LogP) is 1.99. The molecule has 4 heteroatoms. The van der Waals surface area contributed by atoms with Gasteiger partial charge in [-0.15, -0.1) is 0 Å². The van der Waals surface area contributed by atoms with Gasteiger partial charge in [0.05, 0.1) is 12.3 Å². The van der Waals surface area contributed by atoms with Crippen molar-refractivity contribution in [3.8, 4) is 0 Å². The molecule has 1 aliphatic rings. The van der Waals surface area contributed by atoms with E-state index in [4.69, 9.17) is 10.5 Å². The van der Waals surface area contributed by atoms with Crippen LogP contribution in [0.15, 0.2) is 12.3 Å². The molecule has 2 N–H and O–H groups in total. The monoisotopic (exact) mass is 249 g/mol. The molecule has 0 aromatic carbocycles. The standard InChI is InChI=1S/C14H23N3O/c1-11-8-12(2)13(16-9-11)17-6-4-14(3,5-7-17)18-10-15/h8-9H,4-7,10,15H2,1-3H3. The number of ether oxygens (including phenoxy) is 1. The fraction of sp³-hybridized carbons (Fsp3) is 0.643. The van der Waals surface area contributed by atoms with Crippen LogP contribution in [0.3, 0.4) is 0 Å². The first-order valence-corrected chi connectivity index (χ1v) is 6.56. The van der Waals surface area contributed by atoms with Crippen LogP contribution in [0.4, 0.5) is 5.82 Å². The predicted molar refractivity (Wildman–Crippen MR) is 73.7 cm³/mol. The van der Waals surface area contributed by atoms with Crippen LogP contribution in [0, 0.1) is 13.8 Å². The molecule has 1 aliphatic heterocycles. The molecule has 0 atom stereocenters. The molecule has 1 aromatic rings. The average molecular weight is 249 g/mol. The minimum absolute atomic E-state index is 0.0656. The van der Waals surface area contributed by atoms with Crippen molar-refractivity contribution in [1.29, 1.82) is 0 Å². The summed E-state index contributed by atoms with van der Waals surface area (Å²) in [5.41, 5.74) is 7.88. The summed E-state index contributed by atoms with van der Waals surface area (Å²) in [5, 5.41) is 0. The number of pyridine rings is 1. The van der Waals surface area contributed by atoms with E-state index in [1.54, 1.807) is 0 Å². The van der Waals surface area contributed by atoms with Gasteiger partial charge in [-0.3, -0.25) is 0 Å². The summed E-state index contributed by atoms with van der Waals surface area (Å²) < 4.78 is 5.63. The van der Waals surface area contributed by atoms with E-state index in [0.29, 0.717) is 6.73 Å². The van der Waals surface area contributed by atoms with E-state index < -0.39 is 0 Å². The minimum Gasteiger partial charge on any atom is -0.360 e. The van der Waals surface area contributed by atoms with Gasteiger partial charge in [0, 0.05) is 19.3 Å². The van der Waals surface area contributed by atoms with E-state index in [-0.39, 0.29) is 5.60 Å². The molecule has 100 valence electrons. The molecule has 2 rings (SSSR count). The van der Waals surface area contributed by atoms with Crippen LogP contribution in [-0.2, 0) is 4.74 Å². The molecular weight excluding hydrogens is 226 g/mol. The zero-order valence-corrected chi connectivity index (χ0v) is 11.6. The molecule has 0 amide bonds. The molecule has 0 aliphatic carbocycles. The van der Waals surface area contributed by atoms with E-state index in [9.17, 15) is 0 Å². The maximum atomic E-state index is 5.63. The largest absolute Gasteiger partial charge is 0.360 e. The number of nitrogens with zero attached hydrogens (tertiary/aromatic N) is 2. The van der Waals surface area contributed by atoms with Crippen molar-refractivity contribution < 1.29 is 4.74 Å². The number of anilines is 1. The summed E-state index contributed by atoms with van der Waals surface area (Å²) >= 11 is 0. The average Bonchev–Trinajstić information content (AvgIpc) is 2.31.